The Morgan fingerprint density at radius 1 is 0.400 bits per heavy atom. The standard InChI is InChI=1S/C52H34N2O/c1-3-13-35(14-4-1)37-23-25-38(26-24-37)39-27-30-42(31-28-39)53(41-17-5-2-6-18-41)48-34-46-44-19-10-12-22-49(44)55-52(46)51-50(48)45-20-9-11-21-47(45)54(51)43-32-29-36-15-7-8-16-40(36)33-43/h1-34H. The molecule has 55 heavy (non-hydrogen) atoms. The van der Waals surface area contributed by atoms with Gasteiger partial charge in [-0.25, -0.2) is 0 Å². The van der Waals surface area contributed by atoms with Gasteiger partial charge >= 0.3 is 0 Å². The highest BCUT2D eigenvalue weighted by Gasteiger charge is 2.26. The molecule has 0 spiro atoms. The normalized spacial score (nSPS) is 11.6. The quantitative estimate of drug-likeness (QED) is 0.172. The second-order valence-corrected chi connectivity index (χ2v) is 14.1. The maximum Gasteiger partial charge on any atom is 0.160 e. The molecule has 11 aromatic rings. The van der Waals surface area contributed by atoms with Crippen LogP contribution in [0.1, 0.15) is 0 Å². The van der Waals surface area contributed by atoms with Gasteiger partial charge in [-0.3, -0.25) is 0 Å². The largest absolute Gasteiger partial charge is 0.454 e. The number of hydrogen-bond donors (Lipinski definition) is 0. The molecule has 9 aromatic carbocycles. The first-order valence-electron chi connectivity index (χ1n) is 18.8. The van der Waals surface area contributed by atoms with Crippen LogP contribution in [0.15, 0.2) is 211 Å². The van der Waals surface area contributed by atoms with Gasteiger partial charge < -0.3 is 13.9 Å². The fourth-order valence-electron chi connectivity index (χ4n) is 8.36. The van der Waals surface area contributed by atoms with Crippen LogP contribution in [-0.2, 0) is 0 Å². The van der Waals surface area contributed by atoms with Crippen LogP contribution in [-0.4, -0.2) is 4.57 Å². The Balaban J connectivity index is 1.16. The van der Waals surface area contributed by atoms with Gasteiger partial charge in [0.1, 0.15) is 5.58 Å². The molecule has 3 heteroatoms. The van der Waals surface area contributed by atoms with Gasteiger partial charge in [0.15, 0.2) is 5.58 Å². The van der Waals surface area contributed by atoms with Crippen LogP contribution in [0.5, 0.6) is 0 Å². The van der Waals surface area contributed by atoms with Crippen molar-refractivity contribution in [3.05, 3.63) is 206 Å². The SMILES string of the molecule is c1ccc(-c2ccc(-c3ccc(N(c4ccccc4)c4cc5c6ccccc6oc5c5c4c4ccccc4n5-c4ccc5ccccc5c4)cc3)cc2)cc1. The summed E-state index contributed by atoms with van der Waals surface area (Å²) in [6, 6.07) is 73.9. The average Bonchev–Trinajstić information content (AvgIpc) is 3.81. The Hall–Kier alpha value is -7.36. The molecule has 0 unspecified atom stereocenters. The molecular formula is C52H34N2O. The van der Waals surface area contributed by atoms with Crippen LogP contribution in [0.25, 0.3) is 82.5 Å². The van der Waals surface area contributed by atoms with Gasteiger partial charge in [-0.15, -0.1) is 0 Å². The van der Waals surface area contributed by atoms with Gasteiger partial charge in [-0.2, -0.15) is 0 Å². The zero-order valence-electron chi connectivity index (χ0n) is 29.9. The maximum absolute atomic E-state index is 6.85. The highest BCUT2D eigenvalue weighted by Crippen LogP contribution is 2.49. The Bertz CT molecular complexity index is 3180. The molecule has 3 nitrogen and oxygen atoms in total. The minimum atomic E-state index is 0.875. The first-order valence-corrected chi connectivity index (χ1v) is 18.8. The zero-order chi connectivity index (χ0) is 36.3. The molecule has 0 aliphatic heterocycles. The van der Waals surface area contributed by atoms with Crippen LogP contribution >= 0.6 is 0 Å². The van der Waals surface area contributed by atoms with E-state index in [0.717, 1.165) is 61.1 Å². The molecule has 0 aliphatic carbocycles. The molecule has 2 heterocycles. The lowest BCUT2D eigenvalue weighted by Crippen LogP contribution is -2.10. The topological polar surface area (TPSA) is 21.3 Å². The van der Waals surface area contributed by atoms with E-state index in [-0.39, 0.29) is 0 Å². The van der Waals surface area contributed by atoms with Crippen molar-refractivity contribution < 1.29 is 4.42 Å². The summed E-state index contributed by atoms with van der Waals surface area (Å²) >= 11 is 0. The van der Waals surface area contributed by atoms with Crippen molar-refractivity contribution in [3.63, 3.8) is 0 Å². The number of nitrogens with zero attached hydrogens (tertiary/aromatic N) is 2. The molecule has 0 aliphatic rings. The molecule has 0 saturated heterocycles. The minimum absolute atomic E-state index is 0.875. The number of hydrogen-bond acceptors (Lipinski definition) is 2. The van der Waals surface area contributed by atoms with Gasteiger partial charge in [0.2, 0.25) is 0 Å². The molecule has 0 atom stereocenters. The van der Waals surface area contributed by atoms with Crippen LogP contribution in [0, 0.1) is 0 Å². The third-order valence-corrected chi connectivity index (χ3v) is 11.0. The molecule has 258 valence electrons. The summed E-state index contributed by atoms with van der Waals surface area (Å²) in [7, 11) is 0. The van der Waals surface area contributed by atoms with Crippen molar-refractivity contribution in [2.24, 2.45) is 0 Å². The van der Waals surface area contributed by atoms with E-state index in [9.17, 15) is 0 Å². The third kappa shape index (κ3) is 5.13. The summed E-state index contributed by atoms with van der Waals surface area (Å²) in [6.07, 6.45) is 0. The first-order chi connectivity index (χ1) is 27.3. The smallest absolute Gasteiger partial charge is 0.160 e. The van der Waals surface area contributed by atoms with E-state index in [4.69, 9.17) is 4.42 Å². The van der Waals surface area contributed by atoms with Crippen LogP contribution < -0.4 is 4.90 Å². The van der Waals surface area contributed by atoms with Gasteiger partial charge in [-0.1, -0.05) is 152 Å². The predicted molar refractivity (Wildman–Crippen MR) is 231 cm³/mol. The van der Waals surface area contributed by atoms with E-state index >= 15 is 0 Å². The van der Waals surface area contributed by atoms with Crippen molar-refractivity contribution in [1.82, 2.24) is 4.57 Å². The van der Waals surface area contributed by atoms with E-state index in [1.165, 1.54) is 38.4 Å². The Kier molecular flexibility index (Phi) is 7.17. The number of furan rings is 1. The van der Waals surface area contributed by atoms with E-state index in [1.54, 1.807) is 0 Å². The Labute approximate surface area is 318 Å². The van der Waals surface area contributed by atoms with Gasteiger partial charge in [0.05, 0.1) is 16.7 Å². The molecular weight excluding hydrogens is 669 g/mol. The Morgan fingerprint density at radius 2 is 0.964 bits per heavy atom. The molecule has 0 radical (unpaired) electrons. The van der Waals surface area contributed by atoms with Crippen LogP contribution in [0.3, 0.4) is 0 Å². The summed E-state index contributed by atoms with van der Waals surface area (Å²) in [5.41, 5.74) is 13.1. The van der Waals surface area contributed by atoms with Crippen molar-refractivity contribution in [2.75, 3.05) is 4.90 Å². The molecule has 0 saturated carbocycles. The van der Waals surface area contributed by atoms with Crippen LogP contribution in [0.4, 0.5) is 17.1 Å². The zero-order valence-corrected chi connectivity index (χ0v) is 29.9. The summed E-state index contributed by atoms with van der Waals surface area (Å²) in [6.45, 7) is 0. The molecule has 0 bridgehead atoms. The average molecular weight is 703 g/mol. The van der Waals surface area contributed by atoms with Crippen molar-refractivity contribution in [2.45, 2.75) is 0 Å². The summed E-state index contributed by atoms with van der Waals surface area (Å²) in [5.74, 6) is 0. The second-order valence-electron chi connectivity index (χ2n) is 14.1. The highest BCUT2D eigenvalue weighted by atomic mass is 16.3. The lowest BCUT2D eigenvalue weighted by Gasteiger charge is -2.27. The molecule has 2 aromatic heterocycles. The number of anilines is 3. The summed E-state index contributed by atoms with van der Waals surface area (Å²) < 4.78 is 9.25. The highest BCUT2D eigenvalue weighted by molar-refractivity contribution is 6.27. The van der Waals surface area contributed by atoms with E-state index in [1.807, 2.05) is 0 Å². The fraction of sp³-hybridized carbons (Fsp3) is 0. The number of fused-ring (bicyclic) bond motifs is 8. The lowest BCUT2D eigenvalue weighted by molar-refractivity contribution is 0.671. The van der Waals surface area contributed by atoms with Crippen molar-refractivity contribution >= 4 is 71.6 Å². The number of rotatable bonds is 6. The minimum Gasteiger partial charge on any atom is -0.454 e. The number of para-hydroxylation sites is 3. The van der Waals surface area contributed by atoms with E-state index in [2.05, 4.69) is 216 Å². The maximum atomic E-state index is 6.85. The number of benzene rings is 9. The van der Waals surface area contributed by atoms with E-state index < -0.39 is 0 Å². The molecule has 0 N–H and O–H groups in total. The van der Waals surface area contributed by atoms with Crippen molar-refractivity contribution in [3.8, 4) is 27.9 Å². The lowest BCUT2D eigenvalue weighted by atomic mass is 10.00. The van der Waals surface area contributed by atoms with Gasteiger partial charge in [0.25, 0.3) is 0 Å². The monoisotopic (exact) mass is 702 g/mol. The van der Waals surface area contributed by atoms with E-state index in [0.29, 0.717) is 0 Å². The molecule has 0 amide bonds. The second kappa shape index (κ2) is 12.6. The Morgan fingerprint density at radius 3 is 1.71 bits per heavy atom. The molecule has 0 fully saturated rings. The van der Waals surface area contributed by atoms with Gasteiger partial charge in [0, 0.05) is 38.6 Å². The summed E-state index contributed by atoms with van der Waals surface area (Å²) in [5, 5.41) is 6.90. The first kappa shape index (κ1) is 31.2. The predicted octanol–water partition coefficient (Wildman–Crippen LogP) is 14.6. The summed E-state index contributed by atoms with van der Waals surface area (Å²) in [4.78, 5) is 2.41. The van der Waals surface area contributed by atoms with Crippen molar-refractivity contribution in [1.29, 1.82) is 0 Å². The van der Waals surface area contributed by atoms with Gasteiger partial charge in [-0.05, 0) is 87.6 Å². The molecule has 11 rings (SSSR count). The fourth-order valence-corrected chi connectivity index (χ4v) is 8.36. The van der Waals surface area contributed by atoms with Crippen LogP contribution in [0.2, 0.25) is 0 Å². The third-order valence-electron chi connectivity index (χ3n) is 11.0. The number of aromatic nitrogens is 1.